The van der Waals surface area contributed by atoms with E-state index in [1.165, 1.54) is 7.11 Å². The second-order valence-corrected chi connectivity index (χ2v) is 10.8. The zero-order chi connectivity index (χ0) is 29.0. The molecule has 0 unspecified atom stereocenters. The van der Waals surface area contributed by atoms with Crippen LogP contribution < -0.4 is 10.1 Å². The monoisotopic (exact) mass is 571 g/mol. The van der Waals surface area contributed by atoms with Crippen LogP contribution in [0.1, 0.15) is 42.5 Å². The average molecular weight is 572 g/mol. The number of halogens is 1. The van der Waals surface area contributed by atoms with Crippen LogP contribution in [0.25, 0.3) is 22.6 Å². The topological polar surface area (TPSA) is 123 Å². The minimum Gasteiger partial charge on any atom is -0.491 e. The third-order valence-corrected chi connectivity index (χ3v) is 7.78. The van der Waals surface area contributed by atoms with Crippen LogP contribution in [0, 0.1) is 26.7 Å². The van der Waals surface area contributed by atoms with Crippen molar-refractivity contribution in [1.82, 2.24) is 25.3 Å². The number of likely N-dealkylation sites (tertiary alicyclic amines) is 1. The van der Waals surface area contributed by atoms with Crippen LogP contribution in [-0.2, 0) is 11.2 Å². The number of ether oxygens (including phenoxy) is 2. The number of likely N-dealkylation sites (N-methyl/N-ethyl adjacent to an activating group) is 1. The number of benzene rings is 1. The minimum absolute atomic E-state index is 0.0661. The second kappa shape index (κ2) is 13.0. The van der Waals surface area contributed by atoms with Crippen molar-refractivity contribution in [3.05, 3.63) is 45.9 Å². The van der Waals surface area contributed by atoms with Gasteiger partial charge in [-0.3, -0.25) is 0 Å². The number of piperidine rings is 1. The number of amides is 1. The van der Waals surface area contributed by atoms with Gasteiger partial charge in [-0.05, 0) is 83.7 Å². The number of aromatic nitrogens is 3. The molecule has 0 bridgehead atoms. The number of nitrogens with zero attached hydrogens (tertiary/aromatic N) is 4. The lowest BCUT2D eigenvalue weighted by molar-refractivity contribution is 0.0809. The molecule has 0 aliphatic carbocycles. The molecule has 2 aromatic heterocycles. The lowest BCUT2D eigenvalue weighted by atomic mass is 9.86. The fourth-order valence-electron chi connectivity index (χ4n) is 5.32. The molecule has 1 aliphatic rings. The fourth-order valence-corrected chi connectivity index (χ4v) is 5.52. The van der Waals surface area contributed by atoms with Crippen LogP contribution in [0.15, 0.2) is 22.7 Å². The van der Waals surface area contributed by atoms with Crippen molar-refractivity contribution in [2.75, 3.05) is 33.9 Å². The molecule has 2 N–H and O–H groups in total. The Labute approximate surface area is 240 Å². The summed E-state index contributed by atoms with van der Waals surface area (Å²) in [6, 6.07) is 5.38. The molecule has 0 saturated carbocycles. The summed E-state index contributed by atoms with van der Waals surface area (Å²) in [5.41, 5.74) is 4.84. The molecule has 1 amide bonds. The Kier molecular flexibility index (Phi) is 9.65. The second-order valence-electron chi connectivity index (χ2n) is 10.4. The molecule has 10 nitrogen and oxygen atoms in total. The summed E-state index contributed by atoms with van der Waals surface area (Å²) in [5, 5.41) is 17.6. The standard InChI is InChI=1S/C29H38ClN5O5/c1-16-11-20(9-10-35(16)29(37)38-6)12-25-17(2)27(26-18(3)34-40-19(26)4)33-28(32-25)23-13-22(7-8-24(23)30)39-15-21(36)14-31-5/h7-8,13,16,20-21,31,36H,9-12,14-15H2,1-6H3/t16-,20+,21-/m0/s1. The van der Waals surface area contributed by atoms with E-state index in [1.54, 1.807) is 30.1 Å². The normalized spacial score (nSPS) is 18.1. The largest absolute Gasteiger partial charge is 0.491 e. The summed E-state index contributed by atoms with van der Waals surface area (Å²) in [6.45, 7) is 9.04. The zero-order valence-corrected chi connectivity index (χ0v) is 24.7. The molecule has 3 aromatic rings. The van der Waals surface area contributed by atoms with Gasteiger partial charge in [-0.25, -0.2) is 14.8 Å². The smallest absolute Gasteiger partial charge is 0.409 e. The quantitative estimate of drug-likeness (QED) is 0.374. The van der Waals surface area contributed by atoms with E-state index in [0.717, 1.165) is 47.5 Å². The van der Waals surface area contributed by atoms with Crippen LogP contribution >= 0.6 is 11.6 Å². The predicted octanol–water partition coefficient (Wildman–Crippen LogP) is 4.75. The van der Waals surface area contributed by atoms with Crippen molar-refractivity contribution < 1.29 is 23.9 Å². The van der Waals surface area contributed by atoms with Gasteiger partial charge in [-0.1, -0.05) is 16.8 Å². The van der Waals surface area contributed by atoms with Gasteiger partial charge in [-0.2, -0.15) is 0 Å². The minimum atomic E-state index is -0.648. The average Bonchev–Trinajstić information content (AvgIpc) is 3.26. The molecular formula is C29H38ClN5O5. The van der Waals surface area contributed by atoms with E-state index < -0.39 is 6.10 Å². The number of hydrogen-bond donors (Lipinski definition) is 2. The third kappa shape index (κ3) is 6.56. The van der Waals surface area contributed by atoms with Gasteiger partial charge < -0.3 is 29.3 Å². The maximum atomic E-state index is 12.1. The molecule has 4 rings (SSSR count). The van der Waals surface area contributed by atoms with Gasteiger partial charge in [-0.15, -0.1) is 0 Å². The number of methoxy groups -OCH3 is 1. The van der Waals surface area contributed by atoms with Crippen molar-refractivity contribution in [1.29, 1.82) is 0 Å². The number of rotatable bonds is 9. The Morgan fingerprint density at radius 2 is 2.08 bits per heavy atom. The SMILES string of the molecule is CNC[C@H](O)COc1ccc(Cl)c(-c2nc(C[C@@H]3CCN(C(=O)OC)[C@@H](C)C3)c(C)c(-c3c(C)noc3C)n2)c1. The number of aliphatic hydroxyl groups is 1. The Hall–Kier alpha value is -3.21. The van der Waals surface area contributed by atoms with E-state index in [-0.39, 0.29) is 18.7 Å². The van der Waals surface area contributed by atoms with Gasteiger partial charge >= 0.3 is 6.09 Å². The lowest BCUT2D eigenvalue weighted by Gasteiger charge is -2.36. The summed E-state index contributed by atoms with van der Waals surface area (Å²) in [7, 11) is 3.19. The molecule has 1 aliphatic heterocycles. The predicted molar refractivity (Wildman–Crippen MR) is 153 cm³/mol. The van der Waals surface area contributed by atoms with Crippen molar-refractivity contribution in [3.63, 3.8) is 0 Å². The summed E-state index contributed by atoms with van der Waals surface area (Å²) >= 11 is 6.67. The number of carbonyl (C=O) groups excluding carboxylic acids is 1. The number of aliphatic hydroxyl groups excluding tert-OH is 1. The van der Waals surface area contributed by atoms with Crippen molar-refractivity contribution in [2.24, 2.45) is 5.92 Å². The Balaban J connectivity index is 1.71. The molecule has 0 radical (unpaired) electrons. The highest BCUT2D eigenvalue weighted by Gasteiger charge is 2.31. The van der Waals surface area contributed by atoms with E-state index in [0.29, 0.717) is 46.9 Å². The maximum absolute atomic E-state index is 12.1. The van der Waals surface area contributed by atoms with Gasteiger partial charge in [0.05, 0.1) is 29.1 Å². The number of aryl methyl sites for hydroxylation is 2. The number of hydrogen-bond acceptors (Lipinski definition) is 9. The first-order valence-corrected chi connectivity index (χ1v) is 13.9. The molecule has 1 aromatic carbocycles. The first-order valence-electron chi connectivity index (χ1n) is 13.5. The fraction of sp³-hybridized carbons (Fsp3) is 0.517. The first kappa shape index (κ1) is 29.8. The van der Waals surface area contributed by atoms with Crippen LogP contribution in [-0.4, -0.2) is 77.2 Å². The summed E-state index contributed by atoms with van der Waals surface area (Å²) in [6.07, 6.45) is 1.47. The zero-order valence-electron chi connectivity index (χ0n) is 24.0. The Bertz CT molecular complexity index is 1330. The van der Waals surface area contributed by atoms with Gasteiger partial charge in [0.1, 0.15) is 24.2 Å². The lowest BCUT2D eigenvalue weighted by Crippen LogP contribution is -2.45. The van der Waals surface area contributed by atoms with Gasteiger partial charge in [0.25, 0.3) is 0 Å². The molecule has 216 valence electrons. The molecule has 3 heterocycles. The van der Waals surface area contributed by atoms with Gasteiger partial charge in [0, 0.05) is 30.4 Å². The summed E-state index contributed by atoms with van der Waals surface area (Å²) in [5.74, 6) is 2.04. The van der Waals surface area contributed by atoms with Crippen LogP contribution in [0.2, 0.25) is 5.02 Å². The molecule has 1 fully saturated rings. The van der Waals surface area contributed by atoms with Gasteiger partial charge in [0.15, 0.2) is 5.82 Å². The first-order chi connectivity index (χ1) is 19.1. The van der Waals surface area contributed by atoms with E-state index in [2.05, 4.69) is 17.4 Å². The van der Waals surface area contributed by atoms with Crippen molar-refractivity contribution >= 4 is 17.7 Å². The summed E-state index contributed by atoms with van der Waals surface area (Å²) < 4.78 is 16.3. The van der Waals surface area contributed by atoms with E-state index in [9.17, 15) is 9.90 Å². The van der Waals surface area contributed by atoms with Crippen LogP contribution in [0.3, 0.4) is 0 Å². The van der Waals surface area contributed by atoms with Crippen LogP contribution in [0.4, 0.5) is 4.79 Å². The molecule has 0 spiro atoms. The number of nitrogens with one attached hydrogen (secondary N) is 1. The third-order valence-electron chi connectivity index (χ3n) is 7.45. The molecule has 40 heavy (non-hydrogen) atoms. The van der Waals surface area contributed by atoms with Crippen molar-refractivity contribution in [3.8, 4) is 28.4 Å². The molecular weight excluding hydrogens is 534 g/mol. The molecule has 1 saturated heterocycles. The van der Waals surface area contributed by atoms with E-state index in [1.807, 2.05) is 20.8 Å². The van der Waals surface area contributed by atoms with Gasteiger partial charge in [0.2, 0.25) is 0 Å². The highest BCUT2D eigenvalue weighted by Crippen LogP contribution is 2.36. The summed E-state index contributed by atoms with van der Waals surface area (Å²) in [4.78, 5) is 23.9. The Morgan fingerprint density at radius 1 is 1.30 bits per heavy atom. The maximum Gasteiger partial charge on any atom is 0.409 e. The Morgan fingerprint density at radius 3 is 2.73 bits per heavy atom. The highest BCUT2D eigenvalue weighted by atomic mass is 35.5. The molecule has 11 heteroatoms. The molecule has 3 atom stereocenters. The van der Waals surface area contributed by atoms with Crippen LogP contribution in [0.5, 0.6) is 5.75 Å². The van der Waals surface area contributed by atoms with E-state index >= 15 is 0 Å². The number of carbonyl (C=O) groups is 1. The van der Waals surface area contributed by atoms with Crippen molar-refractivity contribution in [2.45, 2.75) is 59.1 Å². The highest BCUT2D eigenvalue weighted by molar-refractivity contribution is 6.33. The van der Waals surface area contributed by atoms with E-state index in [4.69, 9.17) is 35.6 Å².